The van der Waals surface area contributed by atoms with Gasteiger partial charge in [0.15, 0.2) is 17.3 Å². The molecular formula is C24H21N3O4S. The molecule has 0 aliphatic carbocycles. The van der Waals surface area contributed by atoms with Crippen LogP contribution in [0.1, 0.15) is 21.5 Å². The van der Waals surface area contributed by atoms with Crippen LogP contribution in [0.25, 0.3) is 21.6 Å². The molecule has 2 aromatic heterocycles. The van der Waals surface area contributed by atoms with Crippen molar-refractivity contribution in [3.63, 3.8) is 0 Å². The third-order valence-electron chi connectivity index (χ3n) is 5.32. The Morgan fingerprint density at radius 2 is 1.88 bits per heavy atom. The Bertz CT molecular complexity index is 1300. The smallest absolute Gasteiger partial charge is 0.335 e. The predicted molar refractivity (Wildman–Crippen MR) is 124 cm³/mol. The summed E-state index contributed by atoms with van der Waals surface area (Å²) in [6, 6.07) is 12.6. The molecule has 2 aromatic carbocycles. The van der Waals surface area contributed by atoms with Crippen LogP contribution in [0.4, 0.5) is 5.82 Å². The predicted octanol–water partition coefficient (Wildman–Crippen LogP) is 4.79. The van der Waals surface area contributed by atoms with E-state index < -0.39 is 5.97 Å². The molecule has 1 aliphatic heterocycles. The van der Waals surface area contributed by atoms with Crippen molar-refractivity contribution in [2.45, 2.75) is 13.3 Å². The molecule has 0 atom stereocenters. The summed E-state index contributed by atoms with van der Waals surface area (Å²) in [5.74, 6) is 1.97. The molecule has 0 amide bonds. The maximum Gasteiger partial charge on any atom is 0.335 e. The summed E-state index contributed by atoms with van der Waals surface area (Å²) >= 11 is 1.57. The van der Waals surface area contributed by atoms with E-state index in [2.05, 4.69) is 23.7 Å². The quantitative estimate of drug-likeness (QED) is 0.439. The molecule has 0 bridgehead atoms. The lowest BCUT2D eigenvalue weighted by molar-refractivity contribution is 0.0697. The van der Waals surface area contributed by atoms with E-state index in [1.54, 1.807) is 35.6 Å². The highest BCUT2D eigenvalue weighted by Crippen LogP contribution is 2.33. The maximum absolute atomic E-state index is 11.1. The number of anilines is 1. The van der Waals surface area contributed by atoms with Crippen molar-refractivity contribution in [1.29, 1.82) is 0 Å². The summed E-state index contributed by atoms with van der Waals surface area (Å²) in [6.07, 6.45) is 0.800. The van der Waals surface area contributed by atoms with Gasteiger partial charge in [0.1, 0.15) is 23.9 Å². The number of hydrogen-bond donors (Lipinski definition) is 2. The van der Waals surface area contributed by atoms with Gasteiger partial charge in [-0.3, -0.25) is 0 Å². The lowest BCUT2D eigenvalue weighted by atomic mass is 10.1. The summed E-state index contributed by atoms with van der Waals surface area (Å²) < 4.78 is 11.3. The minimum Gasteiger partial charge on any atom is -0.486 e. The van der Waals surface area contributed by atoms with Crippen molar-refractivity contribution in [3.8, 4) is 22.9 Å². The normalized spacial score (nSPS) is 12.7. The summed E-state index contributed by atoms with van der Waals surface area (Å²) in [7, 11) is 0. The molecule has 4 aromatic rings. The third kappa shape index (κ3) is 3.97. The van der Waals surface area contributed by atoms with Crippen LogP contribution in [0, 0.1) is 6.92 Å². The fourth-order valence-electron chi connectivity index (χ4n) is 3.67. The number of carbonyl (C=O) groups is 1. The molecule has 0 unspecified atom stereocenters. The lowest BCUT2D eigenvalue weighted by Gasteiger charge is -2.19. The monoisotopic (exact) mass is 447 g/mol. The highest BCUT2D eigenvalue weighted by Gasteiger charge is 2.15. The second-order valence-corrected chi connectivity index (χ2v) is 8.39. The topological polar surface area (TPSA) is 93.6 Å². The highest BCUT2D eigenvalue weighted by molar-refractivity contribution is 7.17. The zero-order valence-electron chi connectivity index (χ0n) is 17.4. The molecule has 0 saturated carbocycles. The first-order chi connectivity index (χ1) is 15.6. The van der Waals surface area contributed by atoms with Gasteiger partial charge in [0.25, 0.3) is 0 Å². The summed E-state index contributed by atoms with van der Waals surface area (Å²) in [5.41, 5.74) is 3.29. The van der Waals surface area contributed by atoms with Gasteiger partial charge in [0.2, 0.25) is 0 Å². The number of thiophene rings is 1. The summed E-state index contributed by atoms with van der Waals surface area (Å²) in [6.45, 7) is 3.90. The number of aromatic carboxylic acids is 1. The molecule has 5 rings (SSSR count). The number of ether oxygens (including phenoxy) is 2. The van der Waals surface area contributed by atoms with Gasteiger partial charge in [-0.15, -0.1) is 11.3 Å². The number of benzene rings is 2. The van der Waals surface area contributed by atoms with Crippen LogP contribution in [0.15, 0.2) is 47.8 Å². The van der Waals surface area contributed by atoms with E-state index in [9.17, 15) is 4.79 Å². The highest BCUT2D eigenvalue weighted by atomic mass is 32.1. The molecule has 1 aliphatic rings. The molecule has 162 valence electrons. The summed E-state index contributed by atoms with van der Waals surface area (Å²) in [4.78, 5) is 21.5. The van der Waals surface area contributed by atoms with Gasteiger partial charge < -0.3 is 19.9 Å². The molecule has 2 N–H and O–H groups in total. The number of fused-ring (bicyclic) bond motifs is 2. The molecule has 7 nitrogen and oxygen atoms in total. The van der Waals surface area contributed by atoms with Gasteiger partial charge >= 0.3 is 5.97 Å². The lowest BCUT2D eigenvalue weighted by Crippen LogP contribution is -2.15. The minimum atomic E-state index is -0.955. The number of nitrogens with zero attached hydrogens (tertiary/aromatic N) is 2. The zero-order chi connectivity index (χ0) is 22.1. The van der Waals surface area contributed by atoms with Gasteiger partial charge in [-0.1, -0.05) is 18.2 Å². The first-order valence-corrected chi connectivity index (χ1v) is 11.2. The van der Waals surface area contributed by atoms with Crippen molar-refractivity contribution >= 4 is 33.3 Å². The van der Waals surface area contributed by atoms with Gasteiger partial charge in [-0.05, 0) is 54.1 Å². The number of rotatable bonds is 6. The van der Waals surface area contributed by atoms with Crippen LogP contribution >= 0.6 is 11.3 Å². The molecule has 0 spiro atoms. The molecule has 32 heavy (non-hydrogen) atoms. The van der Waals surface area contributed by atoms with E-state index in [-0.39, 0.29) is 5.56 Å². The standard InChI is InChI=1S/C24H21N3O4S/c1-14-13-32-23-20(14)22(26-21(27-23)16-3-5-17(6-4-16)24(28)29)25-9-8-15-2-7-18-19(12-15)31-11-10-30-18/h2-7,12-13H,8-11H2,1H3,(H,28,29)(H,25,26,27). The van der Waals surface area contributed by atoms with Crippen LogP contribution in [0.2, 0.25) is 0 Å². The van der Waals surface area contributed by atoms with E-state index in [0.717, 1.165) is 50.6 Å². The number of aryl methyl sites for hydroxylation is 1. The van der Waals surface area contributed by atoms with Crippen molar-refractivity contribution in [1.82, 2.24) is 9.97 Å². The van der Waals surface area contributed by atoms with E-state index in [4.69, 9.17) is 24.5 Å². The number of hydrogen-bond acceptors (Lipinski definition) is 7. The molecule has 0 fully saturated rings. The first kappa shape index (κ1) is 20.3. The second kappa shape index (κ2) is 8.47. The summed E-state index contributed by atoms with van der Waals surface area (Å²) in [5, 5.41) is 15.7. The Labute approximate surface area is 188 Å². The second-order valence-electron chi connectivity index (χ2n) is 7.53. The van der Waals surface area contributed by atoms with Gasteiger partial charge in [-0.2, -0.15) is 0 Å². The van der Waals surface area contributed by atoms with E-state index in [1.165, 1.54) is 0 Å². The van der Waals surface area contributed by atoms with Crippen molar-refractivity contribution in [2.24, 2.45) is 0 Å². The van der Waals surface area contributed by atoms with E-state index in [0.29, 0.717) is 25.6 Å². The average molecular weight is 448 g/mol. The van der Waals surface area contributed by atoms with Crippen molar-refractivity contribution in [2.75, 3.05) is 25.1 Å². The van der Waals surface area contributed by atoms with Crippen molar-refractivity contribution < 1.29 is 19.4 Å². The Kier molecular flexibility index (Phi) is 5.36. The fourth-order valence-corrected chi connectivity index (χ4v) is 4.59. The van der Waals surface area contributed by atoms with E-state index >= 15 is 0 Å². The van der Waals surface area contributed by atoms with Crippen LogP contribution in [-0.2, 0) is 6.42 Å². The molecule has 0 saturated heterocycles. The number of nitrogens with one attached hydrogen (secondary N) is 1. The number of carboxylic acids is 1. The largest absolute Gasteiger partial charge is 0.486 e. The molecule has 3 heterocycles. The average Bonchev–Trinajstić information content (AvgIpc) is 3.20. The van der Waals surface area contributed by atoms with Crippen LogP contribution < -0.4 is 14.8 Å². The zero-order valence-corrected chi connectivity index (χ0v) is 18.2. The van der Waals surface area contributed by atoms with E-state index in [1.807, 2.05) is 12.1 Å². The SMILES string of the molecule is Cc1csc2nc(-c3ccc(C(=O)O)cc3)nc(NCCc3ccc4c(c3)OCCO4)c12. The Morgan fingerprint density at radius 1 is 1.09 bits per heavy atom. The van der Waals surface area contributed by atoms with Gasteiger partial charge in [0, 0.05) is 12.1 Å². The molecule has 8 heteroatoms. The van der Waals surface area contributed by atoms with Crippen LogP contribution in [0.5, 0.6) is 11.5 Å². The number of carboxylic acid groups (broad SMARTS) is 1. The third-order valence-corrected chi connectivity index (χ3v) is 6.31. The van der Waals surface area contributed by atoms with Crippen molar-refractivity contribution in [3.05, 3.63) is 64.5 Å². The Morgan fingerprint density at radius 3 is 2.66 bits per heavy atom. The Balaban J connectivity index is 1.39. The fraction of sp³-hybridized carbons (Fsp3) is 0.208. The van der Waals surface area contributed by atoms with Crippen LogP contribution in [-0.4, -0.2) is 40.8 Å². The van der Waals surface area contributed by atoms with Gasteiger partial charge in [-0.25, -0.2) is 14.8 Å². The van der Waals surface area contributed by atoms with Gasteiger partial charge in [0.05, 0.1) is 10.9 Å². The first-order valence-electron chi connectivity index (χ1n) is 10.3. The number of aromatic nitrogens is 2. The molecular weight excluding hydrogens is 426 g/mol. The van der Waals surface area contributed by atoms with Crippen LogP contribution in [0.3, 0.4) is 0 Å². The Hall–Kier alpha value is -3.65. The minimum absolute atomic E-state index is 0.236. The maximum atomic E-state index is 11.1. The molecule has 0 radical (unpaired) electrons.